The molecule has 20 rings (SSSR count). The molecule has 776 valence electrons. The first-order valence-corrected chi connectivity index (χ1v) is 56.6. The van der Waals surface area contributed by atoms with E-state index < -0.39 is 107 Å². The number of benzene rings is 5. The number of phenols is 1. The van der Waals surface area contributed by atoms with Gasteiger partial charge in [-0.05, 0) is 466 Å². The zero-order chi connectivity index (χ0) is 100. The van der Waals surface area contributed by atoms with Crippen LogP contribution in [0.2, 0.25) is 0 Å². The van der Waals surface area contributed by atoms with E-state index >= 15 is 0 Å². The van der Waals surface area contributed by atoms with E-state index in [4.69, 9.17) is 37.0 Å². The van der Waals surface area contributed by atoms with Gasteiger partial charge in [-0.25, -0.2) is 24.0 Å². The third-order valence-electron chi connectivity index (χ3n) is 37.6. The summed E-state index contributed by atoms with van der Waals surface area (Å²) < 4.78 is 116. The summed E-state index contributed by atoms with van der Waals surface area (Å²) in [6.45, 7) is 21.1. The Morgan fingerprint density at radius 2 is 0.645 bits per heavy atom. The van der Waals surface area contributed by atoms with Gasteiger partial charge in [0, 0.05) is 0 Å². The Morgan fingerprint density at radius 1 is 0.376 bits per heavy atom. The number of rotatable bonds is 17. The van der Waals surface area contributed by atoms with Crippen LogP contribution in [0, 0.1) is 86.3 Å². The summed E-state index contributed by atoms with van der Waals surface area (Å²) in [7, 11) is -13.0. The van der Waals surface area contributed by atoms with Gasteiger partial charge in [-0.15, -0.1) is 0 Å². The lowest BCUT2D eigenvalue weighted by Crippen LogP contribution is -3.00. The van der Waals surface area contributed by atoms with E-state index in [-0.39, 0.29) is 87.3 Å². The molecule has 0 aliphatic heterocycles. The molecule has 0 saturated heterocycles. The molecule has 32 heteroatoms. The quantitative estimate of drug-likeness (QED) is 0.0178. The highest BCUT2D eigenvalue weighted by molar-refractivity contribution is 7.87. The number of aliphatic carboxylic acids is 1. The normalized spacial score (nSPS) is 34.8. The van der Waals surface area contributed by atoms with Crippen LogP contribution < -0.4 is 46.6 Å². The number of ether oxygens (including phenoxy) is 4. The molecule has 0 aromatic heterocycles. The third-order valence-corrected chi connectivity index (χ3v) is 40.8. The predicted octanol–water partition coefficient (Wildman–Crippen LogP) is 12.8. The molecule has 10 fully saturated rings. The van der Waals surface area contributed by atoms with Crippen molar-refractivity contribution in [1.29, 1.82) is 0 Å². The number of aromatic hydroxyl groups is 1. The Hall–Kier alpha value is -7.69. The molecule has 18 unspecified atom stereocenters. The van der Waals surface area contributed by atoms with Crippen molar-refractivity contribution in [1.82, 2.24) is 10.6 Å². The van der Waals surface area contributed by atoms with E-state index in [2.05, 4.69) is 57.8 Å². The Balaban J connectivity index is 0.000000150. The lowest BCUT2D eigenvalue weighted by molar-refractivity contribution is -0.400. The maximum atomic E-state index is 13.7. The maximum Gasteiger partial charge on any atom is 0.408 e. The van der Waals surface area contributed by atoms with E-state index in [9.17, 15) is 79.9 Å². The Kier molecular flexibility index (Phi) is 30.5. The number of hydrogen-bond donors (Lipinski definition) is 11. The summed E-state index contributed by atoms with van der Waals surface area (Å²) in [5.74, 6) is 3.78. The van der Waals surface area contributed by atoms with Crippen LogP contribution in [-0.2, 0) is 86.3 Å². The number of carboxylic acids is 1. The van der Waals surface area contributed by atoms with Crippen LogP contribution in [0.5, 0.6) is 28.7 Å². The number of quaternary nitrogens is 1. The number of alkyl carbamates (subject to hydrolysis) is 2. The molecular weight excluding hydrogens is 1880 g/mol. The van der Waals surface area contributed by atoms with Crippen molar-refractivity contribution < 1.29 is 135 Å². The van der Waals surface area contributed by atoms with Crippen molar-refractivity contribution in [2.45, 2.75) is 358 Å². The molecule has 15 aliphatic carbocycles. The minimum atomic E-state index is -4.51. The average molecular weight is 2030 g/mol. The number of aliphatic hydroxyl groups is 5. The van der Waals surface area contributed by atoms with Crippen LogP contribution in [0.25, 0.3) is 0 Å². The van der Waals surface area contributed by atoms with Crippen LogP contribution in [0.4, 0.5) is 9.59 Å². The molecule has 141 heavy (non-hydrogen) atoms. The summed E-state index contributed by atoms with van der Waals surface area (Å²) >= 11 is 0. The van der Waals surface area contributed by atoms with Crippen LogP contribution in [0.1, 0.15) is 322 Å². The summed E-state index contributed by atoms with van der Waals surface area (Å²) in [5.41, 5.74) is 14.7. The standard InChI is InChI=1S/C44H59NO9S.C39H51NO7S.C18H24O2.C8H15NO7S.ClH/c1-42(2,3)53-41(49)45-37(40(48)52-27-8-12-29-25(22-27)6-10-33-31(29)18-20-43(4)35(33)14-16-38(43)46)24-55(50,51)54-28-9-13-30-26(23-28)7-11-34-32(30)19-21-44(5)36(34)15-17-39(44)47;1-38-17-15-28-26-9-5-24(19-22(26)3-7-30(28)32(38)11-13-35(38)41)46-37(43)34(40)21-48(44,45)47-25-6-10-27-23(20-25)4-8-31-29(27)16-18-39(2)33(31)12-14-36(39)42;1-18-9-8-14-13-5-3-12(19)10-11(13)2-4-15(14)16(18)6-7-17(18)20;1-8(2,3)16-7(12)9-5(6(10)11)4-17(13,14)15;/h8-9,12-13,22-23,31-39,46-47H,6-7,10-11,14-21,24H2,1-5H3,(H,45,49);5-6,9-10,19-20,28-36,41-42H,3-4,7-8,11-18,21,40H2,1-2H3;3,5,10,14-17,19-20H,2,4,6-9H2,1H3;5H,4H2,1-3H3,(H,9,12)(H,10,11)(H,13,14,15);1H/t31?,32?,33?,34?,35?,36?,37?,38-,39-,43-,44-;28?,29?,30?,31?,32?,33?,34?,35-,36-,38-,39-;14?,15?,16?,17-,18-;;/m000../s1. The van der Waals surface area contributed by atoms with Crippen LogP contribution in [0.3, 0.4) is 0 Å². The molecule has 0 spiro atoms. The van der Waals surface area contributed by atoms with Gasteiger partial charge in [-0.2, -0.15) is 25.3 Å². The Labute approximate surface area is 837 Å². The van der Waals surface area contributed by atoms with Gasteiger partial charge in [0.2, 0.25) is 6.04 Å². The molecule has 5 aromatic rings. The zero-order valence-electron chi connectivity index (χ0n) is 83.6. The van der Waals surface area contributed by atoms with Crippen LogP contribution in [-0.4, -0.2) is 173 Å². The number of amides is 2. The number of fused-ring (bicyclic) bond motifs is 25. The minimum Gasteiger partial charge on any atom is -1.00 e. The average Bonchev–Trinajstić information content (AvgIpc) is 1.69. The molecule has 15 aliphatic rings. The topological polar surface area (TPSA) is 457 Å². The molecule has 0 heterocycles. The van der Waals surface area contributed by atoms with E-state index in [1.54, 1.807) is 65.8 Å². The number of halogens is 1. The molecule has 0 bridgehead atoms. The van der Waals surface area contributed by atoms with E-state index in [0.717, 1.165) is 196 Å². The number of aryl methyl sites for hydroxylation is 5. The SMILES string of the molecule is CC(C)(C)OC(=O)NC(CS(=O)(=O)O)C(=O)O.CC(C)(C)OC(=O)NC(CS(=O)(=O)Oc1ccc2c(c1)CCC1C2CC[C@@]2(C)C1CC[C@@H]2O)C(=O)Oc1ccc2c(c1)CCC1C2CC[C@@]2(C)C1CC[C@@H]2O.C[C@]12CCC3c4ccc(O)cc4CCC3C1CC[C@@H]2O.C[C@]12CCC3c4ccc(OC(=O)C([NH3+])CS(=O)(=O)Oc5ccc6c(c5)CCC5C6CC[C@@]6(C)C5CC[C@@H]6O)cc4CCC3C1CC[C@@H]2O.[Cl-]. The molecule has 28 nitrogen and oxygen atoms in total. The van der Waals surface area contributed by atoms with Gasteiger partial charge in [0.1, 0.15) is 69.3 Å². The largest absolute Gasteiger partial charge is 1.00 e. The number of esters is 2. The van der Waals surface area contributed by atoms with Crippen molar-refractivity contribution in [3.05, 3.63) is 147 Å². The highest BCUT2D eigenvalue weighted by Gasteiger charge is 2.61. The number of nitrogens with one attached hydrogen (secondary N) is 2. The van der Waals surface area contributed by atoms with Crippen molar-refractivity contribution >= 4 is 60.4 Å². The Bertz CT molecular complexity index is 5870. The molecule has 10 saturated carbocycles. The molecule has 2 amide bonds. The second kappa shape index (κ2) is 40.5. The molecule has 13 N–H and O–H groups in total. The lowest BCUT2D eigenvalue weighted by Gasteiger charge is -2.50. The monoisotopic (exact) mass is 2030 g/mol. The summed E-state index contributed by atoms with van der Waals surface area (Å²) in [4.78, 5) is 61.5. The molecule has 0 radical (unpaired) electrons. The molecular formula is C109H150ClN3O25S3. The van der Waals surface area contributed by atoms with E-state index in [1.165, 1.54) is 58.2 Å². The van der Waals surface area contributed by atoms with Gasteiger partial charge < -0.3 is 91.8 Å². The molecule has 5 aromatic carbocycles. The van der Waals surface area contributed by atoms with Gasteiger partial charge in [0.25, 0.3) is 10.1 Å². The van der Waals surface area contributed by atoms with Gasteiger partial charge in [-0.3, -0.25) is 4.55 Å². The fourth-order valence-corrected chi connectivity index (χ4v) is 33.5. The first kappa shape index (κ1) is 106. The lowest BCUT2D eigenvalue weighted by atomic mass is 9.55. The van der Waals surface area contributed by atoms with Crippen molar-refractivity contribution in [3.63, 3.8) is 0 Å². The van der Waals surface area contributed by atoms with Crippen LogP contribution >= 0.6 is 0 Å². The van der Waals surface area contributed by atoms with Crippen molar-refractivity contribution in [3.8, 4) is 28.7 Å². The number of carbonyl (C=O) groups excluding carboxylic acids is 4. The number of aliphatic hydroxyl groups excluding tert-OH is 5. The van der Waals surface area contributed by atoms with Gasteiger partial charge in [0.05, 0.1) is 30.5 Å². The second-order valence-electron chi connectivity index (χ2n) is 47.7. The highest BCUT2D eigenvalue weighted by Crippen LogP contribution is 2.67. The molecule has 28 atom stereocenters. The number of carbonyl (C=O) groups is 5. The fourth-order valence-electron chi connectivity index (χ4n) is 30.6. The first-order chi connectivity index (χ1) is 65.8. The minimum absolute atomic E-state index is 0. The third kappa shape index (κ3) is 21.9. The van der Waals surface area contributed by atoms with Crippen molar-refractivity contribution in [2.75, 3.05) is 17.3 Å². The Morgan fingerprint density at radius 3 is 0.943 bits per heavy atom. The number of hydrogen-bond acceptors (Lipinski definition) is 23. The predicted molar refractivity (Wildman–Crippen MR) is 524 cm³/mol. The van der Waals surface area contributed by atoms with E-state index in [1.807, 2.05) is 59.9 Å². The maximum absolute atomic E-state index is 13.7. The smallest absolute Gasteiger partial charge is 0.408 e. The summed E-state index contributed by atoms with van der Waals surface area (Å²) in [6.07, 6.45) is 27.4. The van der Waals surface area contributed by atoms with Crippen LogP contribution in [0.15, 0.2) is 91.0 Å². The highest BCUT2D eigenvalue weighted by atomic mass is 35.5. The number of phenolic OH excluding ortho intramolecular Hbond substituents is 1. The van der Waals surface area contributed by atoms with Gasteiger partial charge in [0.15, 0.2) is 0 Å². The zero-order valence-corrected chi connectivity index (χ0v) is 86.8. The van der Waals surface area contributed by atoms with E-state index in [0.29, 0.717) is 94.3 Å². The number of carboxylic acid groups (broad SMARTS) is 1. The van der Waals surface area contributed by atoms with Crippen molar-refractivity contribution in [2.24, 2.45) is 86.3 Å². The van der Waals surface area contributed by atoms with Gasteiger partial charge >= 0.3 is 50.3 Å². The summed E-state index contributed by atoms with van der Waals surface area (Å²) in [6, 6.07) is 24.1. The fraction of sp³-hybridized carbons (Fsp3) is 0.679. The van der Waals surface area contributed by atoms with Gasteiger partial charge in [-0.1, -0.05) is 65.0 Å². The second-order valence-corrected chi connectivity index (χ2v) is 52.5. The first-order valence-electron chi connectivity index (χ1n) is 51.8. The summed E-state index contributed by atoms with van der Waals surface area (Å²) in [5, 5.41) is 75.8.